The van der Waals surface area contributed by atoms with Crippen molar-refractivity contribution in [1.29, 1.82) is 0 Å². The standard InChI is InChI=1S/C10H15N.C2H4/c1-2-10(11)8-9-6-4-3-5-7-9;1-2/h3-7,10H,2,8,11H2,1H3;1-2H2. The van der Waals surface area contributed by atoms with Crippen LogP contribution >= 0.6 is 0 Å². The second kappa shape index (κ2) is 7.56. The molecule has 1 rings (SSSR count). The third kappa shape index (κ3) is 5.21. The van der Waals surface area contributed by atoms with E-state index in [0.717, 1.165) is 12.8 Å². The molecule has 72 valence electrons. The lowest BCUT2D eigenvalue weighted by Gasteiger charge is -2.07. The molecule has 0 heterocycles. The van der Waals surface area contributed by atoms with Crippen molar-refractivity contribution in [3.63, 3.8) is 0 Å². The summed E-state index contributed by atoms with van der Waals surface area (Å²) in [6.45, 7) is 8.12. The molecule has 1 aromatic rings. The number of hydrogen-bond donors (Lipinski definition) is 1. The third-order valence-corrected chi connectivity index (χ3v) is 1.87. The van der Waals surface area contributed by atoms with E-state index < -0.39 is 0 Å². The fraction of sp³-hybridized carbons (Fsp3) is 0.333. The van der Waals surface area contributed by atoms with Crippen LogP contribution in [-0.4, -0.2) is 6.04 Å². The maximum Gasteiger partial charge on any atom is 0.00766 e. The van der Waals surface area contributed by atoms with Gasteiger partial charge in [-0.1, -0.05) is 37.3 Å². The lowest BCUT2D eigenvalue weighted by molar-refractivity contribution is 0.646. The summed E-state index contributed by atoms with van der Waals surface area (Å²) in [7, 11) is 0. The van der Waals surface area contributed by atoms with Crippen molar-refractivity contribution in [3.05, 3.63) is 49.1 Å². The molecule has 0 saturated carbocycles. The van der Waals surface area contributed by atoms with Gasteiger partial charge in [-0.05, 0) is 18.4 Å². The molecular formula is C12H19N. The molecule has 0 amide bonds. The molecule has 0 aliphatic carbocycles. The van der Waals surface area contributed by atoms with Crippen molar-refractivity contribution < 1.29 is 0 Å². The summed E-state index contributed by atoms with van der Waals surface area (Å²) in [5.41, 5.74) is 7.14. The zero-order valence-electron chi connectivity index (χ0n) is 8.37. The van der Waals surface area contributed by atoms with Crippen LogP contribution in [0.3, 0.4) is 0 Å². The molecular weight excluding hydrogens is 158 g/mol. The molecule has 0 bridgehead atoms. The summed E-state index contributed by atoms with van der Waals surface area (Å²) in [6, 6.07) is 10.7. The Morgan fingerprint density at radius 2 is 1.77 bits per heavy atom. The molecule has 1 aromatic carbocycles. The highest BCUT2D eigenvalue weighted by atomic mass is 14.6. The summed E-state index contributed by atoms with van der Waals surface area (Å²) < 4.78 is 0. The van der Waals surface area contributed by atoms with E-state index in [1.807, 2.05) is 6.07 Å². The number of benzene rings is 1. The molecule has 1 unspecified atom stereocenters. The van der Waals surface area contributed by atoms with E-state index in [9.17, 15) is 0 Å². The number of nitrogens with two attached hydrogens (primary N) is 1. The first-order valence-corrected chi connectivity index (χ1v) is 4.62. The molecule has 0 spiro atoms. The fourth-order valence-electron chi connectivity index (χ4n) is 1.06. The maximum atomic E-state index is 5.80. The van der Waals surface area contributed by atoms with Crippen LogP contribution < -0.4 is 5.73 Å². The highest BCUT2D eigenvalue weighted by Crippen LogP contribution is 2.02. The highest BCUT2D eigenvalue weighted by Gasteiger charge is 1.98. The van der Waals surface area contributed by atoms with Crippen LogP contribution in [-0.2, 0) is 6.42 Å². The van der Waals surface area contributed by atoms with Gasteiger partial charge in [-0.15, -0.1) is 13.2 Å². The minimum atomic E-state index is 0.317. The summed E-state index contributed by atoms with van der Waals surface area (Å²) in [5, 5.41) is 0. The lowest BCUT2D eigenvalue weighted by Crippen LogP contribution is -2.21. The van der Waals surface area contributed by atoms with E-state index >= 15 is 0 Å². The van der Waals surface area contributed by atoms with Gasteiger partial charge < -0.3 is 5.73 Å². The lowest BCUT2D eigenvalue weighted by atomic mass is 10.1. The van der Waals surface area contributed by atoms with E-state index in [-0.39, 0.29) is 0 Å². The van der Waals surface area contributed by atoms with Gasteiger partial charge in [0.15, 0.2) is 0 Å². The predicted molar refractivity (Wildman–Crippen MR) is 59.7 cm³/mol. The zero-order chi connectivity index (χ0) is 10.1. The smallest absolute Gasteiger partial charge is 0.00766 e. The van der Waals surface area contributed by atoms with Crippen molar-refractivity contribution in [3.8, 4) is 0 Å². The van der Waals surface area contributed by atoms with Crippen molar-refractivity contribution in [2.75, 3.05) is 0 Å². The fourth-order valence-corrected chi connectivity index (χ4v) is 1.06. The van der Waals surface area contributed by atoms with Gasteiger partial charge >= 0.3 is 0 Å². The first kappa shape index (κ1) is 11.9. The van der Waals surface area contributed by atoms with Crippen LogP contribution in [0.5, 0.6) is 0 Å². The van der Waals surface area contributed by atoms with E-state index in [1.54, 1.807) is 0 Å². The normalized spacial score (nSPS) is 11.2. The zero-order valence-corrected chi connectivity index (χ0v) is 8.37. The predicted octanol–water partition coefficient (Wildman–Crippen LogP) is 2.77. The van der Waals surface area contributed by atoms with Gasteiger partial charge in [-0.3, -0.25) is 0 Å². The van der Waals surface area contributed by atoms with Crippen LogP contribution in [0, 0.1) is 0 Å². The number of rotatable bonds is 3. The molecule has 1 heteroatoms. The molecule has 0 aromatic heterocycles. The average Bonchev–Trinajstić information content (AvgIpc) is 2.22. The SMILES string of the molecule is C=C.CCC(N)Cc1ccccc1. The molecule has 13 heavy (non-hydrogen) atoms. The van der Waals surface area contributed by atoms with E-state index in [4.69, 9.17) is 5.73 Å². The van der Waals surface area contributed by atoms with E-state index in [0.29, 0.717) is 6.04 Å². The van der Waals surface area contributed by atoms with Crippen LogP contribution in [0.1, 0.15) is 18.9 Å². The Morgan fingerprint density at radius 3 is 2.23 bits per heavy atom. The first-order valence-electron chi connectivity index (χ1n) is 4.62. The van der Waals surface area contributed by atoms with Crippen LogP contribution in [0.2, 0.25) is 0 Å². The Kier molecular flexibility index (Phi) is 6.93. The largest absolute Gasteiger partial charge is 0.327 e. The second-order valence-corrected chi connectivity index (χ2v) is 2.86. The number of hydrogen-bond acceptors (Lipinski definition) is 1. The third-order valence-electron chi connectivity index (χ3n) is 1.87. The summed E-state index contributed by atoms with van der Waals surface area (Å²) in [6.07, 6.45) is 2.05. The van der Waals surface area contributed by atoms with Gasteiger partial charge in [0.05, 0.1) is 0 Å². The molecule has 1 nitrogen and oxygen atoms in total. The molecule has 0 aliphatic rings. The Balaban J connectivity index is 0.000000671. The first-order chi connectivity index (χ1) is 6.33. The maximum absolute atomic E-state index is 5.80. The summed E-state index contributed by atoms with van der Waals surface area (Å²) in [5.74, 6) is 0. The Morgan fingerprint density at radius 1 is 1.23 bits per heavy atom. The minimum absolute atomic E-state index is 0.317. The van der Waals surface area contributed by atoms with E-state index in [2.05, 4.69) is 44.3 Å². The molecule has 0 aliphatic heterocycles. The second-order valence-electron chi connectivity index (χ2n) is 2.86. The van der Waals surface area contributed by atoms with Crippen LogP contribution in [0.4, 0.5) is 0 Å². The molecule has 1 atom stereocenters. The summed E-state index contributed by atoms with van der Waals surface area (Å²) in [4.78, 5) is 0. The quantitative estimate of drug-likeness (QED) is 0.706. The molecule has 0 fully saturated rings. The topological polar surface area (TPSA) is 26.0 Å². The Hall–Kier alpha value is -1.08. The van der Waals surface area contributed by atoms with Gasteiger partial charge in [-0.25, -0.2) is 0 Å². The van der Waals surface area contributed by atoms with Gasteiger partial charge in [0.25, 0.3) is 0 Å². The summed E-state index contributed by atoms with van der Waals surface area (Å²) >= 11 is 0. The van der Waals surface area contributed by atoms with Crippen molar-refractivity contribution in [2.45, 2.75) is 25.8 Å². The van der Waals surface area contributed by atoms with Gasteiger partial charge in [-0.2, -0.15) is 0 Å². The molecule has 0 saturated heterocycles. The van der Waals surface area contributed by atoms with E-state index in [1.165, 1.54) is 5.56 Å². The van der Waals surface area contributed by atoms with Crippen LogP contribution in [0.15, 0.2) is 43.5 Å². The molecule has 2 N–H and O–H groups in total. The van der Waals surface area contributed by atoms with Crippen molar-refractivity contribution >= 4 is 0 Å². The minimum Gasteiger partial charge on any atom is -0.327 e. The van der Waals surface area contributed by atoms with Crippen molar-refractivity contribution in [1.82, 2.24) is 0 Å². The highest BCUT2D eigenvalue weighted by molar-refractivity contribution is 5.15. The Bertz CT molecular complexity index is 206. The Labute approximate surface area is 81.3 Å². The van der Waals surface area contributed by atoms with Crippen LogP contribution in [0.25, 0.3) is 0 Å². The average molecular weight is 177 g/mol. The van der Waals surface area contributed by atoms with Gasteiger partial charge in [0.2, 0.25) is 0 Å². The molecule has 0 radical (unpaired) electrons. The van der Waals surface area contributed by atoms with Gasteiger partial charge in [0, 0.05) is 6.04 Å². The monoisotopic (exact) mass is 177 g/mol. The van der Waals surface area contributed by atoms with Gasteiger partial charge in [0.1, 0.15) is 0 Å². The van der Waals surface area contributed by atoms with Crippen molar-refractivity contribution in [2.24, 2.45) is 5.73 Å².